The molecule has 6 heteroatoms. The van der Waals surface area contributed by atoms with Crippen LogP contribution in [0.4, 0.5) is 0 Å². The molecule has 4 rings (SSSR count). The van der Waals surface area contributed by atoms with Gasteiger partial charge in [-0.2, -0.15) is 0 Å². The molecule has 1 atom stereocenters. The molecule has 1 aromatic carbocycles. The minimum Gasteiger partial charge on any atom is -0.483 e. The lowest BCUT2D eigenvalue weighted by Crippen LogP contribution is -2.20. The zero-order valence-electron chi connectivity index (χ0n) is 11.1. The molecule has 2 aromatic rings. The van der Waals surface area contributed by atoms with Gasteiger partial charge in [0.05, 0.1) is 5.69 Å². The Bertz CT molecular complexity index is 694. The van der Waals surface area contributed by atoms with Crippen molar-refractivity contribution in [2.75, 3.05) is 13.6 Å². The number of rotatable bonds is 1. The zero-order chi connectivity index (χ0) is 13.7. The monoisotopic (exact) mass is 270 g/mol. The van der Waals surface area contributed by atoms with Crippen molar-refractivity contribution in [3.8, 4) is 11.4 Å². The minimum atomic E-state index is 0.0971. The van der Waals surface area contributed by atoms with Crippen LogP contribution in [-0.4, -0.2) is 39.2 Å². The lowest BCUT2D eigenvalue weighted by Gasteiger charge is -2.21. The van der Waals surface area contributed by atoms with E-state index in [1.54, 1.807) is 4.90 Å². The number of amides is 1. The van der Waals surface area contributed by atoms with E-state index in [4.69, 9.17) is 4.74 Å². The fourth-order valence-electron chi connectivity index (χ4n) is 2.89. The molecule has 2 aliphatic rings. The van der Waals surface area contributed by atoms with Crippen molar-refractivity contribution in [3.05, 3.63) is 35.9 Å². The summed E-state index contributed by atoms with van der Waals surface area (Å²) in [6, 6.07) is 7.84. The van der Waals surface area contributed by atoms with Crippen LogP contribution in [0.2, 0.25) is 0 Å². The number of aromatic nitrogens is 3. The maximum absolute atomic E-state index is 11.7. The van der Waals surface area contributed by atoms with Gasteiger partial charge < -0.3 is 9.64 Å². The number of carbonyl (C=O) groups excluding carboxylic acids is 1. The lowest BCUT2D eigenvalue weighted by molar-refractivity contribution is -0.126. The van der Waals surface area contributed by atoms with Gasteiger partial charge in [0.15, 0.2) is 5.82 Å². The van der Waals surface area contributed by atoms with Crippen LogP contribution in [0.5, 0.6) is 5.75 Å². The van der Waals surface area contributed by atoms with Crippen LogP contribution in [0, 0.1) is 0 Å². The molecule has 1 fully saturated rings. The number of carbonyl (C=O) groups is 1. The first-order chi connectivity index (χ1) is 9.74. The van der Waals surface area contributed by atoms with Crippen molar-refractivity contribution in [1.82, 2.24) is 19.7 Å². The molecule has 2 aliphatic heterocycles. The van der Waals surface area contributed by atoms with Crippen LogP contribution < -0.4 is 4.74 Å². The number of para-hydroxylation sites is 2. The number of hydrogen-bond donors (Lipinski definition) is 0. The molecule has 6 nitrogen and oxygen atoms in total. The smallest absolute Gasteiger partial charge is 0.223 e. The van der Waals surface area contributed by atoms with Crippen molar-refractivity contribution in [3.63, 3.8) is 0 Å². The molecular formula is C14H14N4O2. The summed E-state index contributed by atoms with van der Waals surface area (Å²) in [5.41, 5.74) is 0.954. The van der Waals surface area contributed by atoms with Gasteiger partial charge in [-0.05, 0) is 12.1 Å². The summed E-state index contributed by atoms with van der Waals surface area (Å²) >= 11 is 0. The van der Waals surface area contributed by atoms with Crippen molar-refractivity contribution in [2.24, 2.45) is 0 Å². The van der Waals surface area contributed by atoms with Gasteiger partial charge in [-0.1, -0.05) is 12.1 Å². The maximum Gasteiger partial charge on any atom is 0.223 e. The topological polar surface area (TPSA) is 60.3 Å². The number of benzene rings is 1. The summed E-state index contributed by atoms with van der Waals surface area (Å²) in [4.78, 5) is 13.5. The third-order valence-electron chi connectivity index (χ3n) is 3.92. The number of hydrogen-bond acceptors (Lipinski definition) is 4. The Kier molecular flexibility index (Phi) is 2.33. The van der Waals surface area contributed by atoms with E-state index < -0.39 is 0 Å². The molecule has 0 aliphatic carbocycles. The van der Waals surface area contributed by atoms with Crippen LogP contribution in [-0.2, 0) is 11.4 Å². The molecule has 0 radical (unpaired) electrons. The van der Waals surface area contributed by atoms with Gasteiger partial charge in [-0.3, -0.25) is 9.36 Å². The summed E-state index contributed by atoms with van der Waals surface area (Å²) in [7, 11) is 1.83. The first kappa shape index (κ1) is 11.5. The van der Waals surface area contributed by atoms with Crippen molar-refractivity contribution in [2.45, 2.75) is 18.9 Å². The quantitative estimate of drug-likeness (QED) is 0.778. The molecule has 1 unspecified atom stereocenters. The Balaban J connectivity index is 1.82. The summed E-state index contributed by atoms with van der Waals surface area (Å²) in [5.74, 6) is 2.74. The Hall–Kier alpha value is -2.37. The lowest BCUT2D eigenvalue weighted by atomic mass is 10.1. The van der Waals surface area contributed by atoms with Crippen molar-refractivity contribution >= 4 is 5.91 Å². The van der Waals surface area contributed by atoms with E-state index in [0.717, 1.165) is 23.1 Å². The highest BCUT2D eigenvalue weighted by Gasteiger charge is 2.34. The molecule has 1 saturated heterocycles. The van der Waals surface area contributed by atoms with E-state index in [0.29, 0.717) is 19.6 Å². The van der Waals surface area contributed by atoms with E-state index >= 15 is 0 Å². The van der Waals surface area contributed by atoms with Gasteiger partial charge in [0.2, 0.25) is 5.91 Å². The van der Waals surface area contributed by atoms with Crippen LogP contribution in [0.15, 0.2) is 24.3 Å². The van der Waals surface area contributed by atoms with E-state index in [2.05, 4.69) is 10.2 Å². The molecule has 0 spiro atoms. The Morgan fingerprint density at radius 2 is 2.15 bits per heavy atom. The highest BCUT2D eigenvalue weighted by molar-refractivity contribution is 5.79. The van der Waals surface area contributed by atoms with Gasteiger partial charge in [0, 0.05) is 25.9 Å². The van der Waals surface area contributed by atoms with Crippen LogP contribution in [0.3, 0.4) is 0 Å². The van der Waals surface area contributed by atoms with Crippen molar-refractivity contribution in [1.29, 1.82) is 0 Å². The van der Waals surface area contributed by atoms with Crippen LogP contribution >= 0.6 is 0 Å². The third-order valence-corrected chi connectivity index (χ3v) is 3.92. The molecule has 3 heterocycles. The average molecular weight is 270 g/mol. The number of likely N-dealkylation sites (tertiary alicyclic amines) is 1. The Labute approximate surface area is 116 Å². The molecule has 0 saturated carbocycles. The molecule has 20 heavy (non-hydrogen) atoms. The fraction of sp³-hybridized carbons (Fsp3) is 0.357. The molecule has 1 amide bonds. The maximum atomic E-state index is 11.7. The van der Waals surface area contributed by atoms with E-state index in [1.165, 1.54) is 0 Å². The fourth-order valence-corrected chi connectivity index (χ4v) is 2.89. The highest BCUT2D eigenvalue weighted by atomic mass is 16.5. The second-order valence-corrected chi connectivity index (χ2v) is 5.24. The summed E-state index contributed by atoms with van der Waals surface area (Å²) in [6.45, 7) is 1.11. The predicted octanol–water partition coefficient (Wildman–Crippen LogP) is 1.11. The van der Waals surface area contributed by atoms with Gasteiger partial charge >= 0.3 is 0 Å². The van der Waals surface area contributed by atoms with Gasteiger partial charge in [0.1, 0.15) is 18.2 Å². The summed E-state index contributed by atoms with van der Waals surface area (Å²) in [6.07, 6.45) is 0.498. The number of likely N-dealkylation sites (N-methyl/N-ethyl adjacent to an activating group) is 1. The first-order valence-corrected chi connectivity index (χ1v) is 6.64. The highest BCUT2D eigenvalue weighted by Crippen LogP contribution is 2.34. The predicted molar refractivity (Wildman–Crippen MR) is 70.7 cm³/mol. The largest absolute Gasteiger partial charge is 0.483 e. The molecule has 0 bridgehead atoms. The van der Waals surface area contributed by atoms with Gasteiger partial charge in [-0.15, -0.1) is 10.2 Å². The first-order valence-electron chi connectivity index (χ1n) is 6.64. The normalized spacial score (nSPS) is 20.6. The van der Waals surface area contributed by atoms with Crippen molar-refractivity contribution < 1.29 is 9.53 Å². The van der Waals surface area contributed by atoms with Gasteiger partial charge in [0.25, 0.3) is 0 Å². The standard InChI is InChI=1S/C14H14N4O2/c1-17-7-9(6-13(17)19)14-16-15-12-8-20-11-5-3-2-4-10(11)18(12)14/h2-5,9H,6-8H2,1H3. The second-order valence-electron chi connectivity index (χ2n) is 5.24. The number of nitrogens with zero attached hydrogens (tertiary/aromatic N) is 4. The molecule has 1 aromatic heterocycles. The zero-order valence-corrected chi connectivity index (χ0v) is 11.1. The summed E-state index contributed by atoms with van der Waals surface area (Å²) in [5, 5.41) is 8.51. The van der Waals surface area contributed by atoms with Crippen LogP contribution in [0.25, 0.3) is 5.69 Å². The number of fused-ring (bicyclic) bond motifs is 3. The van der Waals surface area contributed by atoms with E-state index in [1.807, 2.05) is 35.9 Å². The molecule has 0 N–H and O–H groups in total. The van der Waals surface area contributed by atoms with Crippen LogP contribution in [0.1, 0.15) is 24.0 Å². The average Bonchev–Trinajstić information content (AvgIpc) is 3.03. The molecular weight excluding hydrogens is 256 g/mol. The van der Waals surface area contributed by atoms with Gasteiger partial charge in [-0.25, -0.2) is 0 Å². The molecule has 102 valence electrons. The summed E-state index contributed by atoms with van der Waals surface area (Å²) < 4.78 is 7.71. The Morgan fingerprint density at radius 1 is 1.30 bits per heavy atom. The SMILES string of the molecule is CN1CC(c2nnc3n2-c2ccccc2OC3)CC1=O. The Morgan fingerprint density at radius 3 is 2.95 bits per heavy atom. The third kappa shape index (κ3) is 1.54. The number of ether oxygens (including phenoxy) is 1. The van der Waals surface area contributed by atoms with E-state index in [9.17, 15) is 4.79 Å². The minimum absolute atomic E-state index is 0.0971. The van der Waals surface area contributed by atoms with E-state index in [-0.39, 0.29) is 11.8 Å². The second kappa shape index (κ2) is 4.06.